The van der Waals surface area contributed by atoms with Crippen molar-refractivity contribution >= 4 is 5.91 Å². The van der Waals surface area contributed by atoms with Gasteiger partial charge in [-0.15, -0.1) is 0 Å². The summed E-state index contributed by atoms with van der Waals surface area (Å²) in [5.74, 6) is -1.23. The minimum Gasteiger partial charge on any atom is -0.483 e. The predicted molar refractivity (Wildman–Crippen MR) is 72.7 cm³/mol. The van der Waals surface area contributed by atoms with Crippen LogP contribution in [0.15, 0.2) is 18.2 Å². The van der Waals surface area contributed by atoms with E-state index >= 15 is 0 Å². The molecule has 0 saturated carbocycles. The van der Waals surface area contributed by atoms with Crippen LogP contribution in [0.25, 0.3) is 0 Å². The highest BCUT2D eigenvalue weighted by Gasteiger charge is 2.34. The van der Waals surface area contributed by atoms with Crippen molar-refractivity contribution in [1.29, 1.82) is 0 Å². The van der Waals surface area contributed by atoms with Crippen LogP contribution in [0.3, 0.4) is 0 Å². The number of amides is 1. The second-order valence-corrected chi connectivity index (χ2v) is 5.69. The summed E-state index contributed by atoms with van der Waals surface area (Å²) < 4.78 is 43.8. The molecule has 1 amide bonds. The largest absolute Gasteiger partial charge is 0.483 e. The van der Waals surface area contributed by atoms with Crippen LogP contribution < -0.4 is 15.8 Å². The zero-order valence-corrected chi connectivity index (χ0v) is 12.2. The summed E-state index contributed by atoms with van der Waals surface area (Å²) in [6.07, 6.45) is -4.56. The Morgan fingerprint density at radius 1 is 1.29 bits per heavy atom. The SMILES string of the molecule is CC(C)(C)NCc1ccc(OCC(N)=O)c(C(F)(F)F)c1. The number of benzene rings is 1. The molecule has 0 spiro atoms. The molecule has 3 N–H and O–H groups in total. The summed E-state index contributed by atoms with van der Waals surface area (Å²) in [5.41, 5.74) is 4.22. The van der Waals surface area contributed by atoms with E-state index in [0.29, 0.717) is 12.1 Å². The average Bonchev–Trinajstić information content (AvgIpc) is 2.32. The predicted octanol–water partition coefficient (Wildman–Crippen LogP) is 2.46. The van der Waals surface area contributed by atoms with Gasteiger partial charge < -0.3 is 15.8 Å². The third-order valence-corrected chi connectivity index (χ3v) is 2.54. The maximum Gasteiger partial charge on any atom is 0.419 e. The summed E-state index contributed by atoms with van der Waals surface area (Å²) in [7, 11) is 0. The van der Waals surface area contributed by atoms with Gasteiger partial charge in [-0.2, -0.15) is 13.2 Å². The molecule has 1 rings (SSSR count). The van der Waals surface area contributed by atoms with Gasteiger partial charge in [0.2, 0.25) is 0 Å². The Balaban J connectivity index is 2.99. The van der Waals surface area contributed by atoms with E-state index in [1.165, 1.54) is 12.1 Å². The summed E-state index contributed by atoms with van der Waals surface area (Å²) in [4.78, 5) is 10.6. The Labute approximate surface area is 121 Å². The average molecular weight is 304 g/mol. The molecular formula is C14H19F3N2O2. The van der Waals surface area contributed by atoms with Crippen LogP contribution in [0.5, 0.6) is 5.75 Å². The highest BCUT2D eigenvalue weighted by Crippen LogP contribution is 2.36. The van der Waals surface area contributed by atoms with Gasteiger partial charge in [0.1, 0.15) is 5.75 Å². The lowest BCUT2D eigenvalue weighted by Crippen LogP contribution is -2.35. The first kappa shape index (κ1) is 17.3. The molecule has 1 aromatic carbocycles. The number of halogens is 3. The number of nitrogens with two attached hydrogens (primary N) is 1. The van der Waals surface area contributed by atoms with Crippen LogP contribution in [-0.2, 0) is 17.5 Å². The van der Waals surface area contributed by atoms with Gasteiger partial charge in [0.25, 0.3) is 5.91 Å². The van der Waals surface area contributed by atoms with Crippen molar-refractivity contribution in [3.8, 4) is 5.75 Å². The number of nitrogens with one attached hydrogen (secondary N) is 1. The van der Waals surface area contributed by atoms with Gasteiger partial charge in [0.05, 0.1) is 5.56 Å². The summed E-state index contributed by atoms with van der Waals surface area (Å²) in [5, 5.41) is 3.10. The number of carbonyl (C=O) groups excluding carboxylic acids is 1. The minimum atomic E-state index is -4.56. The van der Waals surface area contributed by atoms with E-state index in [-0.39, 0.29) is 5.54 Å². The molecule has 118 valence electrons. The van der Waals surface area contributed by atoms with Gasteiger partial charge in [-0.1, -0.05) is 6.07 Å². The van der Waals surface area contributed by atoms with Crippen molar-refractivity contribution in [1.82, 2.24) is 5.32 Å². The van der Waals surface area contributed by atoms with E-state index < -0.39 is 30.0 Å². The van der Waals surface area contributed by atoms with Crippen LogP contribution in [0.1, 0.15) is 31.9 Å². The van der Waals surface area contributed by atoms with Gasteiger partial charge >= 0.3 is 6.18 Å². The number of hydrogen-bond acceptors (Lipinski definition) is 3. The highest BCUT2D eigenvalue weighted by atomic mass is 19.4. The fourth-order valence-corrected chi connectivity index (χ4v) is 1.55. The third kappa shape index (κ3) is 6.03. The zero-order valence-electron chi connectivity index (χ0n) is 12.2. The van der Waals surface area contributed by atoms with Crippen molar-refractivity contribution in [2.24, 2.45) is 5.73 Å². The van der Waals surface area contributed by atoms with Gasteiger partial charge in [0, 0.05) is 12.1 Å². The van der Waals surface area contributed by atoms with Crippen molar-refractivity contribution in [3.05, 3.63) is 29.3 Å². The van der Waals surface area contributed by atoms with Crippen molar-refractivity contribution in [3.63, 3.8) is 0 Å². The number of rotatable bonds is 5. The molecule has 0 atom stereocenters. The molecule has 0 heterocycles. The van der Waals surface area contributed by atoms with Crippen LogP contribution in [-0.4, -0.2) is 18.1 Å². The first-order chi connectivity index (χ1) is 9.49. The van der Waals surface area contributed by atoms with Gasteiger partial charge in [-0.25, -0.2) is 0 Å². The van der Waals surface area contributed by atoms with Gasteiger partial charge in [-0.3, -0.25) is 4.79 Å². The van der Waals surface area contributed by atoms with E-state index in [4.69, 9.17) is 10.5 Å². The van der Waals surface area contributed by atoms with Crippen LogP contribution >= 0.6 is 0 Å². The molecule has 1 aromatic rings. The quantitative estimate of drug-likeness (QED) is 0.878. The molecular weight excluding hydrogens is 285 g/mol. The van der Waals surface area contributed by atoms with Crippen molar-refractivity contribution in [2.45, 2.75) is 39.0 Å². The van der Waals surface area contributed by atoms with Crippen LogP contribution in [0.2, 0.25) is 0 Å². The molecule has 0 unspecified atom stereocenters. The number of alkyl halides is 3. The molecule has 0 radical (unpaired) electrons. The lowest BCUT2D eigenvalue weighted by atomic mass is 10.1. The van der Waals surface area contributed by atoms with E-state index in [2.05, 4.69) is 5.32 Å². The number of ether oxygens (including phenoxy) is 1. The third-order valence-electron chi connectivity index (χ3n) is 2.54. The summed E-state index contributed by atoms with van der Waals surface area (Å²) >= 11 is 0. The first-order valence-electron chi connectivity index (χ1n) is 6.35. The molecule has 0 aliphatic carbocycles. The molecule has 0 aromatic heterocycles. The first-order valence-corrected chi connectivity index (χ1v) is 6.35. The Morgan fingerprint density at radius 3 is 2.38 bits per heavy atom. The maximum atomic E-state index is 13.0. The van der Waals surface area contributed by atoms with Crippen molar-refractivity contribution in [2.75, 3.05) is 6.61 Å². The molecule has 0 aliphatic rings. The molecule has 4 nitrogen and oxygen atoms in total. The second-order valence-electron chi connectivity index (χ2n) is 5.69. The maximum absolute atomic E-state index is 13.0. The standard InChI is InChI=1S/C14H19F3N2O2/c1-13(2,3)19-7-9-4-5-11(21-8-12(18)20)10(6-9)14(15,16)17/h4-6,19H,7-8H2,1-3H3,(H2,18,20). The van der Waals surface area contributed by atoms with E-state index in [0.717, 1.165) is 6.07 Å². The Hall–Kier alpha value is -1.76. The Bertz CT molecular complexity index is 508. The normalized spacial score (nSPS) is 12.3. The monoisotopic (exact) mass is 304 g/mol. The molecule has 0 bridgehead atoms. The van der Waals surface area contributed by atoms with Crippen LogP contribution in [0.4, 0.5) is 13.2 Å². The van der Waals surface area contributed by atoms with Gasteiger partial charge in [-0.05, 0) is 38.5 Å². The lowest BCUT2D eigenvalue weighted by Gasteiger charge is -2.21. The topological polar surface area (TPSA) is 64.3 Å². The lowest BCUT2D eigenvalue weighted by molar-refractivity contribution is -0.139. The Kier molecular flexibility index (Phi) is 5.22. The van der Waals surface area contributed by atoms with Gasteiger partial charge in [0.15, 0.2) is 6.61 Å². The van der Waals surface area contributed by atoms with Crippen LogP contribution in [0, 0.1) is 0 Å². The van der Waals surface area contributed by atoms with Crippen molar-refractivity contribution < 1.29 is 22.7 Å². The number of carbonyl (C=O) groups is 1. The molecule has 21 heavy (non-hydrogen) atoms. The molecule has 7 heteroatoms. The van der Waals surface area contributed by atoms with E-state index in [1.54, 1.807) is 0 Å². The fourth-order valence-electron chi connectivity index (χ4n) is 1.55. The zero-order chi connectivity index (χ0) is 16.3. The fraction of sp³-hybridized carbons (Fsp3) is 0.500. The van der Waals surface area contributed by atoms with E-state index in [9.17, 15) is 18.0 Å². The summed E-state index contributed by atoms with van der Waals surface area (Å²) in [6.45, 7) is 5.46. The number of primary amides is 1. The Morgan fingerprint density at radius 2 is 1.90 bits per heavy atom. The minimum absolute atomic E-state index is 0.209. The number of hydrogen-bond donors (Lipinski definition) is 2. The van der Waals surface area contributed by atoms with E-state index in [1.807, 2.05) is 20.8 Å². The molecule has 0 aliphatic heterocycles. The highest BCUT2D eigenvalue weighted by molar-refractivity contribution is 5.75. The summed E-state index contributed by atoms with van der Waals surface area (Å²) in [6, 6.07) is 3.73. The molecule has 0 saturated heterocycles. The smallest absolute Gasteiger partial charge is 0.419 e. The molecule has 0 fully saturated rings. The second kappa shape index (κ2) is 6.34.